The fourth-order valence-corrected chi connectivity index (χ4v) is 4.49. The van der Waals surface area contributed by atoms with Crippen molar-refractivity contribution in [1.82, 2.24) is 4.98 Å². The molecule has 1 saturated heterocycles. The quantitative estimate of drug-likeness (QED) is 0.191. The number of para-hydroxylation sites is 1. The minimum Gasteiger partial charge on any atom is -0.424 e. The molecule has 1 fully saturated rings. The number of nitrogens with zero attached hydrogens (tertiary/aromatic N) is 1. The molecule has 1 aliphatic rings. The summed E-state index contributed by atoms with van der Waals surface area (Å²) in [5.41, 5.74) is 0.606. The van der Waals surface area contributed by atoms with E-state index in [9.17, 15) is 30.0 Å². The van der Waals surface area contributed by atoms with Crippen molar-refractivity contribution in [3.05, 3.63) is 59.0 Å². The summed E-state index contributed by atoms with van der Waals surface area (Å²) in [5, 5.41) is 39.9. The standard InChI is InChI=1S/C22H17NO9S/c24-15-16(25)18(32-21(28)17(15)26)22(29)30-10-6-5-9-7-11(20(27)31-13(9)8-10)19-23-12-3-1-2-4-14(12)33-19/h1-8,15-18,21,24-26,28H/t15-,16-,17+,18-,21+/m0/s1. The Morgan fingerprint density at radius 1 is 1.00 bits per heavy atom. The molecule has 170 valence electrons. The SMILES string of the molecule is O=C(Oc1ccc2cc(-c3nc4ccccc4s3)c(=O)oc2c1)[C@H]1O[C@@H](O)[C@H](O)[C@@H](O)[C@@H]1O. The molecule has 4 aromatic rings. The number of benzene rings is 2. The number of fused-ring (bicyclic) bond motifs is 2. The zero-order valence-corrected chi connectivity index (χ0v) is 17.5. The lowest BCUT2D eigenvalue weighted by Crippen LogP contribution is -2.60. The molecule has 11 heteroatoms. The first-order chi connectivity index (χ1) is 15.8. The Labute approximate surface area is 188 Å². The second-order valence-electron chi connectivity index (χ2n) is 7.47. The van der Waals surface area contributed by atoms with Gasteiger partial charge in [0.05, 0.1) is 15.8 Å². The lowest BCUT2D eigenvalue weighted by atomic mass is 9.99. The molecule has 4 N–H and O–H groups in total. The monoisotopic (exact) mass is 471 g/mol. The first kappa shape index (κ1) is 21.6. The highest BCUT2D eigenvalue weighted by molar-refractivity contribution is 7.21. The summed E-state index contributed by atoms with van der Waals surface area (Å²) < 4.78 is 16.4. The topological polar surface area (TPSA) is 160 Å². The second-order valence-corrected chi connectivity index (χ2v) is 8.50. The maximum Gasteiger partial charge on any atom is 0.346 e. The molecule has 3 heterocycles. The molecule has 1 aliphatic heterocycles. The van der Waals surface area contributed by atoms with Crippen molar-refractivity contribution in [3.8, 4) is 16.3 Å². The first-order valence-corrected chi connectivity index (χ1v) is 10.7. The average Bonchev–Trinajstić information content (AvgIpc) is 3.23. The van der Waals surface area contributed by atoms with Gasteiger partial charge in [0.1, 0.15) is 34.7 Å². The molecule has 0 saturated carbocycles. The van der Waals surface area contributed by atoms with Gasteiger partial charge in [0, 0.05) is 11.5 Å². The van der Waals surface area contributed by atoms with Crippen LogP contribution in [-0.2, 0) is 9.53 Å². The zero-order chi connectivity index (χ0) is 23.3. The minimum absolute atomic E-state index is 0.0192. The van der Waals surface area contributed by atoms with Crippen LogP contribution in [0.2, 0.25) is 0 Å². The largest absolute Gasteiger partial charge is 0.424 e. The highest BCUT2D eigenvalue weighted by Crippen LogP contribution is 2.31. The molecule has 0 unspecified atom stereocenters. The molecule has 5 atom stereocenters. The Morgan fingerprint density at radius 3 is 2.58 bits per heavy atom. The number of rotatable bonds is 3. The van der Waals surface area contributed by atoms with Crippen LogP contribution >= 0.6 is 11.3 Å². The van der Waals surface area contributed by atoms with Gasteiger partial charge in [-0.2, -0.15) is 0 Å². The molecule has 33 heavy (non-hydrogen) atoms. The van der Waals surface area contributed by atoms with Crippen LogP contribution in [0, 0.1) is 0 Å². The van der Waals surface area contributed by atoms with E-state index in [-0.39, 0.29) is 11.3 Å². The summed E-state index contributed by atoms with van der Waals surface area (Å²) in [7, 11) is 0. The Bertz CT molecular complexity index is 1380. The lowest BCUT2D eigenvalue weighted by Gasteiger charge is -2.36. The molecule has 0 amide bonds. The molecule has 2 aromatic heterocycles. The fraction of sp³-hybridized carbons (Fsp3) is 0.227. The second kappa shape index (κ2) is 8.30. The van der Waals surface area contributed by atoms with Gasteiger partial charge in [-0.1, -0.05) is 12.1 Å². The van der Waals surface area contributed by atoms with Crippen molar-refractivity contribution in [2.45, 2.75) is 30.7 Å². The Morgan fingerprint density at radius 2 is 1.79 bits per heavy atom. The van der Waals surface area contributed by atoms with E-state index < -0.39 is 42.3 Å². The third-order valence-electron chi connectivity index (χ3n) is 5.27. The van der Waals surface area contributed by atoms with Crippen molar-refractivity contribution < 1.29 is 39.1 Å². The van der Waals surface area contributed by atoms with Gasteiger partial charge in [0.15, 0.2) is 12.4 Å². The van der Waals surface area contributed by atoms with Gasteiger partial charge >= 0.3 is 11.6 Å². The van der Waals surface area contributed by atoms with Crippen LogP contribution in [0.25, 0.3) is 31.8 Å². The number of carbonyl (C=O) groups is 1. The molecular weight excluding hydrogens is 454 g/mol. The summed E-state index contributed by atoms with van der Waals surface area (Å²) in [6, 6.07) is 13.5. The van der Waals surface area contributed by atoms with E-state index >= 15 is 0 Å². The van der Waals surface area contributed by atoms with Crippen LogP contribution in [0.4, 0.5) is 0 Å². The van der Waals surface area contributed by atoms with Gasteiger partial charge in [0.2, 0.25) is 0 Å². The van der Waals surface area contributed by atoms with Crippen molar-refractivity contribution in [2.24, 2.45) is 0 Å². The van der Waals surface area contributed by atoms with Crippen LogP contribution in [0.1, 0.15) is 0 Å². The Kier molecular flexibility index (Phi) is 5.44. The molecule has 0 radical (unpaired) electrons. The van der Waals surface area contributed by atoms with E-state index in [1.165, 1.54) is 23.5 Å². The summed E-state index contributed by atoms with van der Waals surface area (Å²) in [6.45, 7) is 0. The normalized spacial score (nSPS) is 25.4. The van der Waals surface area contributed by atoms with Gasteiger partial charge in [-0.05, 0) is 30.3 Å². The van der Waals surface area contributed by atoms with E-state index in [0.717, 1.165) is 10.2 Å². The third-order valence-corrected chi connectivity index (χ3v) is 6.34. The van der Waals surface area contributed by atoms with Crippen LogP contribution in [0.5, 0.6) is 5.75 Å². The average molecular weight is 471 g/mol. The predicted molar refractivity (Wildman–Crippen MR) is 116 cm³/mol. The summed E-state index contributed by atoms with van der Waals surface area (Å²) in [5.74, 6) is -1.13. The number of aliphatic hydroxyl groups is 4. The van der Waals surface area contributed by atoms with Gasteiger partial charge < -0.3 is 34.3 Å². The summed E-state index contributed by atoms with van der Waals surface area (Å²) in [6.07, 6.45) is -9.00. The molecule has 2 aromatic carbocycles. The third kappa shape index (κ3) is 3.91. The molecule has 5 rings (SSSR count). The first-order valence-electron chi connectivity index (χ1n) is 9.85. The van der Waals surface area contributed by atoms with Crippen LogP contribution in [0.3, 0.4) is 0 Å². The van der Waals surface area contributed by atoms with Crippen LogP contribution in [-0.4, -0.2) is 62.1 Å². The molecule has 0 bridgehead atoms. The van der Waals surface area contributed by atoms with Crippen LogP contribution < -0.4 is 10.4 Å². The van der Waals surface area contributed by atoms with Crippen molar-refractivity contribution >= 4 is 38.5 Å². The Balaban J connectivity index is 1.41. The van der Waals surface area contributed by atoms with Crippen LogP contribution in [0.15, 0.2) is 57.7 Å². The summed E-state index contributed by atoms with van der Waals surface area (Å²) >= 11 is 1.36. The van der Waals surface area contributed by atoms with Crippen molar-refractivity contribution in [3.63, 3.8) is 0 Å². The highest BCUT2D eigenvalue weighted by Gasteiger charge is 2.47. The van der Waals surface area contributed by atoms with Crippen molar-refractivity contribution in [1.29, 1.82) is 0 Å². The number of hydrogen-bond donors (Lipinski definition) is 4. The van der Waals surface area contributed by atoms with Gasteiger partial charge in [0.25, 0.3) is 0 Å². The zero-order valence-electron chi connectivity index (χ0n) is 16.7. The summed E-state index contributed by atoms with van der Waals surface area (Å²) in [4.78, 5) is 29.5. The van der Waals surface area contributed by atoms with Gasteiger partial charge in [-0.25, -0.2) is 14.6 Å². The number of aromatic nitrogens is 1. The van der Waals surface area contributed by atoms with Gasteiger partial charge in [-0.15, -0.1) is 11.3 Å². The predicted octanol–water partition coefficient (Wildman–Crippen LogP) is 0.775. The smallest absolute Gasteiger partial charge is 0.346 e. The maximum absolute atomic E-state index is 12.6. The number of hydrogen-bond acceptors (Lipinski definition) is 11. The van der Waals surface area contributed by atoms with E-state index in [4.69, 9.17) is 13.9 Å². The van der Waals surface area contributed by atoms with E-state index in [1.54, 1.807) is 12.1 Å². The molecule has 0 aliphatic carbocycles. The number of aliphatic hydroxyl groups excluding tert-OH is 4. The number of thiazole rings is 1. The van der Waals surface area contributed by atoms with E-state index in [1.807, 2.05) is 24.3 Å². The fourth-order valence-electron chi connectivity index (χ4n) is 3.52. The Hall–Kier alpha value is -3.19. The van der Waals surface area contributed by atoms with E-state index in [2.05, 4.69) is 4.98 Å². The molecule has 10 nitrogen and oxygen atoms in total. The minimum atomic E-state index is -1.88. The number of ether oxygens (including phenoxy) is 2. The lowest BCUT2D eigenvalue weighted by molar-refractivity contribution is -0.279. The molecule has 0 spiro atoms. The number of esters is 1. The van der Waals surface area contributed by atoms with Crippen molar-refractivity contribution in [2.75, 3.05) is 0 Å². The van der Waals surface area contributed by atoms with Gasteiger partial charge in [-0.3, -0.25) is 0 Å². The maximum atomic E-state index is 12.6. The van der Waals surface area contributed by atoms with E-state index in [0.29, 0.717) is 16.0 Å². The molecular formula is C22H17NO9S. The number of carbonyl (C=O) groups excluding carboxylic acids is 1. The highest BCUT2D eigenvalue weighted by atomic mass is 32.1.